The summed E-state index contributed by atoms with van der Waals surface area (Å²) in [5.41, 5.74) is -3.67. The number of terminal acetylenes is 4. The summed E-state index contributed by atoms with van der Waals surface area (Å²) in [5, 5.41) is 0. The molecule has 0 atom stereocenters. The van der Waals surface area contributed by atoms with Gasteiger partial charge in [-0.1, -0.05) is 0 Å². The van der Waals surface area contributed by atoms with Gasteiger partial charge in [-0.25, -0.2) is 9.59 Å². The molecule has 0 saturated carbocycles. The van der Waals surface area contributed by atoms with Crippen molar-refractivity contribution in [1.82, 2.24) is 0 Å². The van der Waals surface area contributed by atoms with E-state index in [-0.39, 0.29) is 77.5 Å². The van der Waals surface area contributed by atoms with Crippen LogP contribution in [0.2, 0.25) is 0 Å². The van der Waals surface area contributed by atoms with Gasteiger partial charge in [-0.2, -0.15) is 0 Å². The molecule has 14 nitrogen and oxygen atoms in total. The van der Waals surface area contributed by atoms with Crippen LogP contribution in [-0.4, -0.2) is 88.0 Å². The van der Waals surface area contributed by atoms with Crippen LogP contribution in [0.15, 0.2) is 0 Å². The normalized spacial score (nSPS) is 11.2. The van der Waals surface area contributed by atoms with Crippen molar-refractivity contribution in [2.75, 3.05) is 39.6 Å². The second-order valence-corrected chi connectivity index (χ2v) is 16.2. The first-order valence-electron chi connectivity index (χ1n) is 19.0. The summed E-state index contributed by atoms with van der Waals surface area (Å²) in [6.45, 7) is 16.0. The number of rotatable bonds is 24. The van der Waals surface area contributed by atoms with Crippen LogP contribution in [0.25, 0.3) is 0 Å². The number of hydrogen-bond donors (Lipinski definition) is 0. The van der Waals surface area contributed by atoms with Crippen LogP contribution in [0.5, 0.6) is 0 Å². The highest BCUT2D eigenvalue weighted by Gasteiger charge is 2.37. The van der Waals surface area contributed by atoms with Crippen molar-refractivity contribution in [3.05, 3.63) is 0 Å². The molecule has 324 valence electrons. The third-order valence-electron chi connectivity index (χ3n) is 7.60. The van der Waals surface area contributed by atoms with Gasteiger partial charge in [-0.15, -0.1) is 49.4 Å². The van der Waals surface area contributed by atoms with Crippen molar-refractivity contribution in [3.63, 3.8) is 0 Å². The van der Waals surface area contributed by atoms with Crippen molar-refractivity contribution in [3.8, 4) is 49.4 Å². The molecule has 0 fully saturated rings. The van der Waals surface area contributed by atoms with Gasteiger partial charge in [0.05, 0.1) is 33.9 Å². The lowest BCUT2D eigenvalue weighted by Gasteiger charge is -2.31. The van der Waals surface area contributed by atoms with Crippen LogP contribution in [-0.2, 0) is 57.1 Å². The van der Waals surface area contributed by atoms with Gasteiger partial charge in [-0.05, 0) is 82.1 Å². The van der Waals surface area contributed by atoms with Crippen LogP contribution in [0.1, 0.15) is 121 Å². The third-order valence-corrected chi connectivity index (χ3v) is 7.60. The highest BCUT2D eigenvalue weighted by Crippen LogP contribution is 2.27. The highest BCUT2D eigenvalue weighted by molar-refractivity contribution is 5.77. The monoisotopic (exact) mass is 816 g/mol. The molecule has 0 rings (SSSR count). The first-order valence-corrected chi connectivity index (χ1v) is 19.0. The van der Waals surface area contributed by atoms with E-state index in [0.717, 1.165) is 0 Å². The van der Waals surface area contributed by atoms with Crippen molar-refractivity contribution in [2.45, 2.75) is 133 Å². The van der Waals surface area contributed by atoms with Gasteiger partial charge in [0.1, 0.15) is 39.6 Å². The van der Waals surface area contributed by atoms with E-state index in [2.05, 4.69) is 23.7 Å². The summed E-state index contributed by atoms with van der Waals surface area (Å²) in [6.07, 6.45) is 21.3. The van der Waals surface area contributed by atoms with Gasteiger partial charge < -0.3 is 37.9 Å². The summed E-state index contributed by atoms with van der Waals surface area (Å²) in [7, 11) is 0. The van der Waals surface area contributed by atoms with Gasteiger partial charge in [0, 0.05) is 38.5 Å². The van der Waals surface area contributed by atoms with E-state index >= 15 is 0 Å². The number of carbonyl (C=O) groups is 6. The summed E-state index contributed by atoms with van der Waals surface area (Å²) in [5.74, 6) is 7.92. The maximum Gasteiger partial charge on any atom is 0.508 e. The number of unbranched alkanes of at least 4 members (excludes halogenated alkanes) is 2. The molecule has 0 radical (unpaired) electrons. The molecule has 0 aromatic heterocycles. The van der Waals surface area contributed by atoms with Crippen molar-refractivity contribution >= 4 is 36.2 Å². The molecule has 14 heteroatoms. The Balaban J connectivity index is 0. The second-order valence-electron chi connectivity index (χ2n) is 16.2. The molecule has 0 saturated heterocycles. The highest BCUT2D eigenvalue weighted by atomic mass is 16.7. The summed E-state index contributed by atoms with van der Waals surface area (Å²) < 4.78 is 41.4. The Morgan fingerprint density at radius 2 is 0.759 bits per heavy atom. The maximum atomic E-state index is 12.4. The van der Waals surface area contributed by atoms with E-state index in [4.69, 9.17) is 63.6 Å². The van der Waals surface area contributed by atoms with Gasteiger partial charge in [0.2, 0.25) is 0 Å². The van der Waals surface area contributed by atoms with Gasteiger partial charge in [0.25, 0.3) is 0 Å². The smallest absolute Gasteiger partial charge is 0.465 e. The van der Waals surface area contributed by atoms with E-state index in [9.17, 15) is 28.8 Å². The molecule has 0 aliphatic carbocycles. The minimum Gasteiger partial charge on any atom is -0.465 e. The third kappa shape index (κ3) is 26.5. The topological polar surface area (TPSA) is 176 Å². The molecule has 0 unspecified atom stereocenters. The largest absolute Gasteiger partial charge is 0.508 e. The van der Waals surface area contributed by atoms with Gasteiger partial charge in [-0.3, -0.25) is 19.2 Å². The average molecular weight is 817 g/mol. The van der Waals surface area contributed by atoms with E-state index < -0.39 is 57.8 Å². The fourth-order valence-electron chi connectivity index (χ4n) is 4.02. The average Bonchev–Trinajstić information content (AvgIpc) is 3.13. The number of hydrogen-bond acceptors (Lipinski definition) is 14. The first-order chi connectivity index (χ1) is 26.9. The molecule has 0 aromatic rings. The first kappa shape index (κ1) is 54.8. The summed E-state index contributed by atoms with van der Waals surface area (Å²) in [4.78, 5) is 71.8. The maximum absolute atomic E-state index is 12.4. The van der Waals surface area contributed by atoms with Crippen LogP contribution in [0, 0.1) is 71.0 Å². The molecular weight excluding hydrogens is 752 g/mol. The minimum absolute atomic E-state index is 0.0888. The Morgan fingerprint density at radius 1 is 0.466 bits per heavy atom. The zero-order valence-corrected chi connectivity index (χ0v) is 36.1. The Morgan fingerprint density at radius 3 is 1.03 bits per heavy atom. The fourth-order valence-corrected chi connectivity index (χ4v) is 4.02. The number of carbonyl (C=O) groups excluding carboxylic acids is 6. The Labute approximate surface area is 345 Å². The molecule has 0 amide bonds. The second kappa shape index (κ2) is 28.1. The van der Waals surface area contributed by atoms with E-state index in [0.29, 0.717) is 25.7 Å². The zero-order chi connectivity index (χ0) is 45.0. The number of ether oxygens (including phenoxy) is 8. The molecular formula is C44H64O14. The summed E-state index contributed by atoms with van der Waals surface area (Å²) >= 11 is 0. The zero-order valence-electron chi connectivity index (χ0n) is 36.1. The quantitative estimate of drug-likeness (QED) is 0.0422. The molecule has 0 aliphatic heterocycles. The van der Waals surface area contributed by atoms with Crippen molar-refractivity contribution in [2.24, 2.45) is 21.7 Å². The molecule has 0 heterocycles. The molecule has 0 spiro atoms. The molecule has 0 bridgehead atoms. The van der Waals surface area contributed by atoms with E-state index in [1.807, 2.05) is 0 Å². The van der Waals surface area contributed by atoms with Crippen LogP contribution < -0.4 is 0 Å². The number of esters is 4. The Bertz CT molecular complexity index is 1410. The Hall–Kier alpha value is -5.34. The molecule has 58 heavy (non-hydrogen) atoms. The lowest BCUT2D eigenvalue weighted by molar-refractivity contribution is -0.166. The SMILES string of the molecule is C#CCC(C)(C)C(=O)OCC(C)(COC(=O)OC(C)C)COC(=O)C(C)(C)CC#C.C#CCCCC(=O)OCC(C)(COC(=O)CCCC#C)COC(=O)OC(C)C. The van der Waals surface area contributed by atoms with Crippen molar-refractivity contribution in [1.29, 1.82) is 0 Å². The van der Waals surface area contributed by atoms with Crippen molar-refractivity contribution < 1.29 is 66.7 Å². The summed E-state index contributed by atoms with van der Waals surface area (Å²) in [6, 6.07) is 0. The molecule has 0 aromatic carbocycles. The predicted octanol–water partition coefficient (Wildman–Crippen LogP) is 6.99. The van der Waals surface area contributed by atoms with Gasteiger partial charge in [0.15, 0.2) is 0 Å². The standard InChI is InChI=1S/C23H34O7.C21H30O7/c1-10-12-21(5,6)18(24)27-14-23(9,16-29-20(26)30-17(3)4)15-28-19(25)22(7,8)13-11-2;1-6-8-10-12-18(22)25-14-21(5,16-27-20(24)28-17(3)4)15-26-19(23)13-11-9-7-2/h1-2,17H,12-16H2,3-9H3;1-2,17H,8-16H2,3-5H3. The van der Waals surface area contributed by atoms with Gasteiger partial charge >= 0.3 is 36.2 Å². The molecule has 0 N–H and O–H groups in total. The van der Waals surface area contributed by atoms with E-state index in [1.54, 1.807) is 69.2 Å². The van der Waals surface area contributed by atoms with E-state index in [1.165, 1.54) is 0 Å². The molecule has 0 aliphatic rings. The fraction of sp³-hybridized carbons (Fsp3) is 0.682. The Kier molecular flexibility index (Phi) is 26.6. The van der Waals surface area contributed by atoms with Crippen LogP contribution in [0.3, 0.4) is 0 Å². The lowest BCUT2D eigenvalue weighted by atomic mass is 9.89. The lowest BCUT2D eigenvalue weighted by Crippen LogP contribution is -2.40. The van der Waals surface area contributed by atoms with Crippen LogP contribution >= 0.6 is 0 Å². The van der Waals surface area contributed by atoms with Crippen LogP contribution in [0.4, 0.5) is 9.59 Å². The minimum atomic E-state index is -1.00. The predicted molar refractivity (Wildman–Crippen MR) is 215 cm³/mol.